The van der Waals surface area contributed by atoms with E-state index in [1.54, 1.807) is 42.5 Å². The van der Waals surface area contributed by atoms with E-state index in [2.05, 4.69) is 38.1 Å². The van der Waals surface area contributed by atoms with Crippen molar-refractivity contribution in [3.63, 3.8) is 0 Å². The Balaban J connectivity index is 1.62. The van der Waals surface area contributed by atoms with Crippen molar-refractivity contribution in [3.05, 3.63) is 80.6 Å². The van der Waals surface area contributed by atoms with Crippen molar-refractivity contribution in [3.8, 4) is 5.69 Å². The van der Waals surface area contributed by atoms with Crippen LogP contribution in [0.15, 0.2) is 60.7 Å². The topological polar surface area (TPSA) is 59.8 Å². The van der Waals surface area contributed by atoms with Gasteiger partial charge in [0, 0.05) is 9.26 Å². The predicted molar refractivity (Wildman–Crippen MR) is 111 cm³/mol. The molecule has 3 aromatic carbocycles. The fourth-order valence-corrected chi connectivity index (χ4v) is 3.25. The molecule has 0 spiro atoms. The van der Waals surface area contributed by atoms with Gasteiger partial charge in [-0.1, -0.05) is 11.6 Å². The normalized spacial score (nSPS) is 10.9. The van der Waals surface area contributed by atoms with E-state index in [1.807, 2.05) is 6.07 Å². The summed E-state index contributed by atoms with van der Waals surface area (Å²) in [5.41, 5.74) is 2.88. The number of hydrogen-bond donors (Lipinski definition) is 1. The van der Waals surface area contributed by atoms with Gasteiger partial charge in [-0.05, 0) is 83.3 Å². The van der Waals surface area contributed by atoms with E-state index < -0.39 is 0 Å². The molecule has 5 nitrogen and oxygen atoms in total. The van der Waals surface area contributed by atoms with Crippen molar-refractivity contribution in [1.29, 1.82) is 0 Å². The van der Waals surface area contributed by atoms with Crippen molar-refractivity contribution in [2.75, 3.05) is 5.32 Å². The molecule has 8 heteroatoms. The second-order valence-corrected chi connectivity index (χ2v) is 7.40. The second kappa shape index (κ2) is 7.24. The maximum atomic E-state index is 13.1. The van der Waals surface area contributed by atoms with Crippen LogP contribution in [0.2, 0.25) is 5.02 Å². The Hall–Kier alpha value is -2.52. The molecule has 1 aromatic heterocycles. The molecule has 1 amide bonds. The maximum absolute atomic E-state index is 13.1. The van der Waals surface area contributed by atoms with Crippen LogP contribution in [0.1, 0.15) is 10.4 Å². The van der Waals surface area contributed by atoms with E-state index >= 15 is 0 Å². The van der Waals surface area contributed by atoms with E-state index in [9.17, 15) is 9.18 Å². The fraction of sp³-hybridized carbons (Fsp3) is 0. The molecule has 0 bridgehead atoms. The largest absolute Gasteiger partial charge is 0.322 e. The molecule has 134 valence electrons. The molecular weight excluding hydrogens is 482 g/mol. The smallest absolute Gasteiger partial charge is 0.257 e. The predicted octanol–water partition coefficient (Wildman–Crippen LogP) is 5.07. The van der Waals surface area contributed by atoms with Crippen molar-refractivity contribution >= 4 is 56.8 Å². The quantitative estimate of drug-likeness (QED) is 0.406. The van der Waals surface area contributed by atoms with E-state index in [4.69, 9.17) is 11.6 Å². The summed E-state index contributed by atoms with van der Waals surface area (Å²) in [5.74, 6) is -0.626. The lowest BCUT2D eigenvalue weighted by molar-refractivity contribution is 0.102. The second-order valence-electron chi connectivity index (χ2n) is 5.75. The Kier molecular flexibility index (Phi) is 4.79. The van der Waals surface area contributed by atoms with Crippen molar-refractivity contribution < 1.29 is 9.18 Å². The van der Waals surface area contributed by atoms with Gasteiger partial charge in [-0.3, -0.25) is 4.79 Å². The molecule has 1 heterocycles. The highest BCUT2D eigenvalue weighted by Crippen LogP contribution is 2.22. The number of nitrogens with one attached hydrogen (secondary N) is 1. The lowest BCUT2D eigenvalue weighted by Gasteiger charge is -2.07. The molecule has 0 radical (unpaired) electrons. The molecule has 27 heavy (non-hydrogen) atoms. The van der Waals surface area contributed by atoms with Crippen LogP contribution < -0.4 is 5.32 Å². The summed E-state index contributed by atoms with van der Waals surface area (Å²) in [6, 6.07) is 16.4. The first-order chi connectivity index (χ1) is 13.0. The third-order valence-electron chi connectivity index (χ3n) is 3.87. The maximum Gasteiger partial charge on any atom is 0.257 e. The summed E-state index contributed by atoms with van der Waals surface area (Å²) >= 11 is 8.24. The number of halogens is 3. The molecule has 0 aliphatic carbocycles. The van der Waals surface area contributed by atoms with Crippen LogP contribution >= 0.6 is 34.2 Å². The molecular formula is C19H11ClFIN4O. The SMILES string of the molecule is O=C(Nc1ccc2nn(-c3ccc(F)cc3)nc2c1)c1cc(I)ccc1Cl. The van der Waals surface area contributed by atoms with E-state index in [1.165, 1.54) is 16.9 Å². The van der Waals surface area contributed by atoms with Gasteiger partial charge in [0.05, 0.1) is 16.3 Å². The van der Waals surface area contributed by atoms with Crippen LogP contribution in [0.25, 0.3) is 16.7 Å². The molecule has 1 N–H and O–H groups in total. The number of carbonyl (C=O) groups excluding carboxylic acids is 1. The highest BCUT2D eigenvalue weighted by molar-refractivity contribution is 14.1. The highest BCUT2D eigenvalue weighted by Gasteiger charge is 2.12. The van der Waals surface area contributed by atoms with Crippen molar-refractivity contribution in [2.45, 2.75) is 0 Å². The first-order valence-electron chi connectivity index (χ1n) is 7.89. The van der Waals surface area contributed by atoms with Gasteiger partial charge < -0.3 is 5.32 Å². The summed E-state index contributed by atoms with van der Waals surface area (Å²) in [5, 5.41) is 12.0. The lowest BCUT2D eigenvalue weighted by atomic mass is 10.2. The van der Waals surface area contributed by atoms with E-state index in [0.717, 1.165) is 3.57 Å². The lowest BCUT2D eigenvalue weighted by Crippen LogP contribution is -2.12. The molecule has 4 rings (SSSR count). The van der Waals surface area contributed by atoms with Crippen LogP contribution in [0.3, 0.4) is 0 Å². The van der Waals surface area contributed by atoms with Crippen molar-refractivity contribution in [2.24, 2.45) is 0 Å². The molecule has 0 aliphatic heterocycles. The third kappa shape index (κ3) is 3.79. The van der Waals surface area contributed by atoms with Gasteiger partial charge in [0.25, 0.3) is 5.91 Å². The van der Waals surface area contributed by atoms with Crippen molar-refractivity contribution in [1.82, 2.24) is 15.0 Å². The summed E-state index contributed by atoms with van der Waals surface area (Å²) in [6.07, 6.45) is 0. The number of hydrogen-bond acceptors (Lipinski definition) is 3. The van der Waals surface area contributed by atoms with Gasteiger partial charge in [-0.15, -0.1) is 10.2 Å². The Morgan fingerprint density at radius 2 is 1.74 bits per heavy atom. The summed E-state index contributed by atoms with van der Waals surface area (Å²) in [7, 11) is 0. The zero-order valence-corrected chi connectivity index (χ0v) is 16.6. The number of nitrogens with zero attached hydrogens (tertiary/aromatic N) is 3. The van der Waals surface area contributed by atoms with E-state index in [0.29, 0.717) is 33.0 Å². The Labute approximate surface area is 172 Å². The van der Waals surface area contributed by atoms with Gasteiger partial charge >= 0.3 is 0 Å². The fourth-order valence-electron chi connectivity index (χ4n) is 2.55. The number of aromatic nitrogens is 3. The minimum atomic E-state index is -0.324. The Morgan fingerprint density at radius 1 is 1.00 bits per heavy atom. The summed E-state index contributed by atoms with van der Waals surface area (Å²) < 4.78 is 14.0. The van der Waals surface area contributed by atoms with Crippen LogP contribution in [0.5, 0.6) is 0 Å². The summed E-state index contributed by atoms with van der Waals surface area (Å²) in [4.78, 5) is 13.9. The minimum Gasteiger partial charge on any atom is -0.322 e. The number of anilines is 1. The average Bonchev–Trinajstić information content (AvgIpc) is 3.07. The Bertz CT molecular complexity index is 1160. The zero-order chi connectivity index (χ0) is 19.0. The monoisotopic (exact) mass is 492 g/mol. The number of amides is 1. The van der Waals surface area contributed by atoms with Gasteiger partial charge in [0.15, 0.2) is 0 Å². The van der Waals surface area contributed by atoms with E-state index in [-0.39, 0.29) is 11.7 Å². The van der Waals surface area contributed by atoms with Crippen LogP contribution in [-0.4, -0.2) is 20.9 Å². The third-order valence-corrected chi connectivity index (χ3v) is 4.87. The van der Waals surface area contributed by atoms with Gasteiger partial charge in [-0.2, -0.15) is 4.80 Å². The van der Waals surface area contributed by atoms with Gasteiger partial charge in [-0.25, -0.2) is 4.39 Å². The standard InChI is InChI=1S/C19H11ClFIN4O/c20-16-7-3-12(22)9-15(16)19(27)23-13-4-8-17-18(10-13)25-26(24-17)14-5-1-11(21)2-6-14/h1-10H,(H,23,27). The molecule has 0 unspecified atom stereocenters. The summed E-state index contributed by atoms with van der Waals surface area (Å²) in [6.45, 7) is 0. The first-order valence-corrected chi connectivity index (χ1v) is 9.35. The average molecular weight is 493 g/mol. The molecule has 0 aliphatic rings. The van der Waals surface area contributed by atoms with Crippen LogP contribution in [0.4, 0.5) is 10.1 Å². The first kappa shape index (κ1) is 17.9. The number of benzene rings is 3. The molecule has 0 saturated carbocycles. The molecule has 0 saturated heterocycles. The van der Waals surface area contributed by atoms with Crippen LogP contribution in [0, 0.1) is 9.39 Å². The number of carbonyl (C=O) groups is 1. The van der Waals surface area contributed by atoms with Gasteiger partial charge in [0.1, 0.15) is 16.9 Å². The number of fused-ring (bicyclic) bond motifs is 1. The molecule has 0 atom stereocenters. The Morgan fingerprint density at radius 3 is 2.52 bits per heavy atom. The highest BCUT2D eigenvalue weighted by atomic mass is 127. The minimum absolute atomic E-state index is 0.302. The van der Waals surface area contributed by atoms with Gasteiger partial charge in [0.2, 0.25) is 0 Å². The molecule has 4 aromatic rings. The number of rotatable bonds is 3. The zero-order valence-electron chi connectivity index (χ0n) is 13.7. The molecule has 0 fully saturated rings. The van der Waals surface area contributed by atoms with Crippen LogP contribution in [-0.2, 0) is 0 Å².